The molecule has 1 atom stereocenters. The molecule has 0 heterocycles. The van der Waals surface area contributed by atoms with Gasteiger partial charge in [-0.15, -0.1) is 0 Å². The lowest BCUT2D eigenvalue weighted by atomic mass is 10.1. The Bertz CT molecular complexity index is 152. The predicted molar refractivity (Wildman–Crippen MR) is 55.9 cm³/mol. The quantitative estimate of drug-likeness (QED) is 0.685. The molecule has 1 aliphatic carbocycles. The first-order chi connectivity index (χ1) is 6.03. The average molecular weight is 185 g/mol. The second kappa shape index (κ2) is 4.43. The van der Waals surface area contributed by atoms with E-state index in [-0.39, 0.29) is 5.60 Å². The Morgan fingerprint density at radius 1 is 1.46 bits per heavy atom. The molecule has 0 aromatic heterocycles. The van der Waals surface area contributed by atoms with Crippen molar-refractivity contribution < 1.29 is 4.74 Å². The third kappa shape index (κ3) is 4.63. The molecule has 13 heavy (non-hydrogen) atoms. The van der Waals surface area contributed by atoms with Gasteiger partial charge in [0.25, 0.3) is 0 Å². The minimum atomic E-state index is -0.0299. The third-order valence-corrected chi connectivity index (χ3v) is 2.81. The standard InChI is InChI=1S/C11H23NO/c1-9(7-10-5-6-10)12-8-11(2,3)13-4/h9-10,12H,5-8H2,1-4H3. The van der Waals surface area contributed by atoms with Crippen LogP contribution < -0.4 is 5.32 Å². The first-order valence-corrected chi connectivity index (χ1v) is 5.32. The van der Waals surface area contributed by atoms with Crippen molar-refractivity contribution in [1.29, 1.82) is 0 Å². The maximum absolute atomic E-state index is 5.35. The Morgan fingerprint density at radius 3 is 2.54 bits per heavy atom. The molecule has 1 N–H and O–H groups in total. The smallest absolute Gasteiger partial charge is 0.0746 e. The van der Waals surface area contributed by atoms with Crippen molar-refractivity contribution in [3.63, 3.8) is 0 Å². The van der Waals surface area contributed by atoms with Crippen LogP contribution in [0.25, 0.3) is 0 Å². The lowest BCUT2D eigenvalue weighted by Gasteiger charge is -2.25. The number of ether oxygens (including phenoxy) is 1. The molecule has 0 aromatic rings. The van der Waals surface area contributed by atoms with E-state index in [4.69, 9.17) is 4.74 Å². The summed E-state index contributed by atoms with van der Waals surface area (Å²) in [6, 6.07) is 0.641. The van der Waals surface area contributed by atoms with Gasteiger partial charge in [-0.05, 0) is 33.1 Å². The third-order valence-electron chi connectivity index (χ3n) is 2.81. The molecule has 2 nitrogen and oxygen atoms in total. The zero-order valence-electron chi connectivity index (χ0n) is 9.39. The Hall–Kier alpha value is -0.0800. The number of hydrogen-bond acceptors (Lipinski definition) is 2. The highest BCUT2D eigenvalue weighted by atomic mass is 16.5. The van der Waals surface area contributed by atoms with Crippen molar-refractivity contribution in [3.05, 3.63) is 0 Å². The Kier molecular flexibility index (Phi) is 3.74. The second-order valence-corrected chi connectivity index (χ2v) is 4.92. The summed E-state index contributed by atoms with van der Waals surface area (Å²) in [5.41, 5.74) is -0.0299. The van der Waals surface area contributed by atoms with Crippen molar-refractivity contribution in [1.82, 2.24) is 5.32 Å². The molecule has 1 fully saturated rings. The maximum Gasteiger partial charge on any atom is 0.0746 e. The number of methoxy groups -OCH3 is 1. The number of rotatable bonds is 6. The van der Waals surface area contributed by atoms with Crippen LogP contribution in [0.4, 0.5) is 0 Å². The molecular formula is C11H23NO. The van der Waals surface area contributed by atoms with E-state index in [1.165, 1.54) is 19.3 Å². The fourth-order valence-corrected chi connectivity index (χ4v) is 1.43. The topological polar surface area (TPSA) is 21.3 Å². The van der Waals surface area contributed by atoms with Crippen LogP contribution in [0.1, 0.15) is 40.0 Å². The van der Waals surface area contributed by atoms with Crippen LogP contribution in [0.5, 0.6) is 0 Å². The summed E-state index contributed by atoms with van der Waals surface area (Å²) in [6.07, 6.45) is 4.22. The highest BCUT2D eigenvalue weighted by Crippen LogP contribution is 2.33. The number of nitrogens with one attached hydrogen (secondary N) is 1. The summed E-state index contributed by atoms with van der Waals surface area (Å²) in [5.74, 6) is 1.01. The molecule has 2 heteroatoms. The molecule has 0 amide bonds. The zero-order chi connectivity index (χ0) is 9.90. The minimum Gasteiger partial charge on any atom is -0.377 e. The second-order valence-electron chi connectivity index (χ2n) is 4.92. The molecule has 1 aliphatic rings. The first kappa shape index (κ1) is 11.0. The van der Waals surface area contributed by atoms with Crippen molar-refractivity contribution in [2.24, 2.45) is 5.92 Å². The van der Waals surface area contributed by atoms with Crippen LogP contribution in [0, 0.1) is 5.92 Å². The molecule has 1 unspecified atom stereocenters. The van der Waals surface area contributed by atoms with Crippen LogP contribution in [0.15, 0.2) is 0 Å². The van der Waals surface area contributed by atoms with E-state index in [2.05, 4.69) is 26.1 Å². The van der Waals surface area contributed by atoms with Crippen LogP contribution in [-0.4, -0.2) is 25.3 Å². The lowest BCUT2D eigenvalue weighted by Crippen LogP contribution is -2.40. The van der Waals surface area contributed by atoms with Gasteiger partial charge in [0.15, 0.2) is 0 Å². The van der Waals surface area contributed by atoms with Crippen LogP contribution >= 0.6 is 0 Å². The van der Waals surface area contributed by atoms with Crippen molar-refractivity contribution in [3.8, 4) is 0 Å². The highest BCUT2D eigenvalue weighted by Gasteiger charge is 2.24. The molecule has 0 aliphatic heterocycles. The summed E-state index contributed by atoms with van der Waals surface area (Å²) in [6.45, 7) is 7.44. The summed E-state index contributed by atoms with van der Waals surface area (Å²) in [4.78, 5) is 0. The summed E-state index contributed by atoms with van der Waals surface area (Å²) in [5, 5.41) is 3.52. The predicted octanol–water partition coefficient (Wildman–Crippen LogP) is 2.19. The fraction of sp³-hybridized carbons (Fsp3) is 1.00. The Labute approximate surface area is 82.0 Å². The van der Waals surface area contributed by atoms with Gasteiger partial charge in [0, 0.05) is 19.7 Å². The molecule has 0 spiro atoms. The minimum absolute atomic E-state index is 0.0299. The zero-order valence-corrected chi connectivity index (χ0v) is 9.39. The molecule has 1 saturated carbocycles. The van der Waals surface area contributed by atoms with Crippen molar-refractivity contribution in [2.75, 3.05) is 13.7 Å². The van der Waals surface area contributed by atoms with E-state index in [9.17, 15) is 0 Å². The lowest BCUT2D eigenvalue weighted by molar-refractivity contribution is 0.0211. The number of hydrogen-bond donors (Lipinski definition) is 1. The average Bonchev–Trinajstić information content (AvgIpc) is 2.85. The molecule has 0 bridgehead atoms. The molecule has 0 radical (unpaired) electrons. The Balaban J connectivity index is 2.09. The maximum atomic E-state index is 5.35. The summed E-state index contributed by atoms with van der Waals surface area (Å²) in [7, 11) is 1.77. The molecule has 78 valence electrons. The largest absolute Gasteiger partial charge is 0.377 e. The molecule has 1 rings (SSSR count). The Morgan fingerprint density at radius 2 is 2.08 bits per heavy atom. The van der Waals surface area contributed by atoms with Crippen LogP contribution in [0.3, 0.4) is 0 Å². The van der Waals surface area contributed by atoms with E-state index >= 15 is 0 Å². The van der Waals surface area contributed by atoms with E-state index in [0.29, 0.717) is 6.04 Å². The van der Waals surface area contributed by atoms with Crippen LogP contribution in [0.2, 0.25) is 0 Å². The van der Waals surface area contributed by atoms with Gasteiger partial charge in [0.05, 0.1) is 5.60 Å². The molecule has 0 aromatic carbocycles. The monoisotopic (exact) mass is 185 g/mol. The molecule has 0 saturated heterocycles. The highest BCUT2D eigenvalue weighted by molar-refractivity contribution is 4.80. The normalized spacial score (nSPS) is 20.3. The van der Waals surface area contributed by atoms with Gasteiger partial charge < -0.3 is 10.1 Å². The van der Waals surface area contributed by atoms with E-state index in [0.717, 1.165) is 12.5 Å². The van der Waals surface area contributed by atoms with Crippen molar-refractivity contribution >= 4 is 0 Å². The van der Waals surface area contributed by atoms with Gasteiger partial charge in [-0.25, -0.2) is 0 Å². The van der Waals surface area contributed by atoms with E-state index in [1.807, 2.05) is 0 Å². The van der Waals surface area contributed by atoms with Crippen LogP contribution in [-0.2, 0) is 4.74 Å². The van der Waals surface area contributed by atoms with Gasteiger partial charge in [-0.3, -0.25) is 0 Å². The van der Waals surface area contributed by atoms with Crippen molar-refractivity contribution in [2.45, 2.75) is 51.7 Å². The van der Waals surface area contributed by atoms with Gasteiger partial charge in [-0.1, -0.05) is 12.8 Å². The SMILES string of the molecule is COC(C)(C)CNC(C)CC1CC1. The van der Waals surface area contributed by atoms with Gasteiger partial charge in [-0.2, -0.15) is 0 Å². The summed E-state index contributed by atoms with van der Waals surface area (Å²) >= 11 is 0. The van der Waals surface area contributed by atoms with Gasteiger partial charge >= 0.3 is 0 Å². The van der Waals surface area contributed by atoms with Gasteiger partial charge in [0.2, 0.25) is 0 Å². The summed E-state index contributed by atoms with van der Waals surface area (Å²) < 4.78 is 5.35. The van der Waals surface area contributed by atoms with E-state index in [1.54, 1.807) is 7.11 Å². The van der Waals surface area contributed by atoms with E-state index < -0.39 is 0 Å². The molecular weight excluding hydrogens is 162 g/mol. The first-order valence-electron chi connectivity index (χ1n) is 5.32. The van der Waals surface area contributed by atoms with Gasteiger partial charge in [0.1, 0.15) is 0 Å². The fourth-order valence-electron chi connectivity index (χ4n) is 1.43.